The smallest absolute Gasteiger partial charge is 0.243 e. The summed E-state index contributed by atoms with van der Waals surface area (Å²) in [5, 5.41) is 24.1. The molecule has 1 saturated heterocycles. The van der Waals surface area contributed by atoms with E-state index >= 15 is 0 Å². The Morgan fingerprint density at radius 2 is 1.44 bits per heavy atom. The molecular weight excluding hydrogens is 939 g/mol. The topological polar surface area (TPSA) is 356 Å². The molecule has 5 rings (SSSR count). The van der Waals surface area contributed by atoms with Crippen LogP contribution in [0.25, 0.3) is 21.7 Å². The van der Waals surface area contributed by atoms with Crippen molar-refractivity contribution in [2.75, 3.05) is 19.6 Å². The molecular formula is C51H69N13O9. The van der Waals surface area contributed by atoms with Crippen LogP contribution in [0.3, 0.4) is 0 Å². The van der Waals surface area contributed by atoms with Crippen molar-refractivity contribution >= 4 is 80.8 Å². The Labute approximate surface area is 423 Å². The number of fused-ring (bicyclic) bond motifs is 2. The number of para-hydroxylation sites is 1. The van der Waals surface area contributed by atoms with Gasteiger partial charge in [-0.25, -0.2) is 0 Å². The first-order valence-electron chi connectivity index (χ1n) is 24.7. The van der Waals surface area contributed by atoms with E-state index in [1.807, 2.05) is 73.7 Å². The molecule has 2 heterocycles. The van der Waals surface area contributed by atoms with Gasteiger partial charge in [0.05, 0.1) is 6.42 Å². The summed E-state index contributed by atoms with van der Waals surface area (Å²) in [6.45, 7) is 3.07. The highest BCUT2D eigenvalue weighted by atomic mass is 16.2. The van der Waals surface area contributed by atoms with Crippen LogP contribution in [0.2, 0.25) is 0 Å². The SMILES string of the molecule is CCCCC(NC(C)=O)C(=O)NC1CC(=O)NCCCC[C@@H](C(N)=O)NC(=O)[C@H](Cc2c[nH]c3ccccc23)NC(=O)[C@H](CCCN=C(N)N)NC(=O)[C@@H](Cc2ccc3ccccc3c2)NC(=O)CCNC1=O. The number of unbranched alkanes of at least 4 members (excludes halogenated alkanes) is 1. The van der Waals surface area contributed by atoms with E-state index in [9.17, 15) is 43.2 Å². The monoisotopic (exact) mass is 1010 g/mol. The number of carbonyl (C=O) groups is 9. The van der Waals surface area contributed by atoms with E-state index in [0.717, 1.165) is 28.1 Å². The van der Waals surface area contributed by atoms with Crippen LogP contribution in [-0.4, -0.2) is 120 Å². The first-order valence-corrected chi connectivity index (χ1v) is 24.7. The van der Waals surface area contributed by atoms with Gasteiger partial charge in [-0.2, -0.15) is 0 Å². The number of nitrogens with two attached hydrogens (primary N) is 3. The number of aromatic amines is 1. The maximum Gasteiger partial charge on any atom is 0.243 e. The van der Waals surface area contributed by atoms with Crippen molar-refractivity contribution in [2.24, 2.45) is 22.2 Å². The van der Waals surface area contributed by atoms with E-state index < -0.39 is 95.8 Å². The first kappa shape index (κ1) is 55.9. The average Bonchev–Trinajstić information content (AvgIpc) is 3.76. The van der Waals surface area contributed by atoms with Crippen LogP contribution < -0.4 is 59.7 Å². The molecule has 0 bridgehead atoms. The van der Waals surface area contributed by atoms with Crippen LogP contribution in [0.15, 0.2) is 77.9 Å². The van der Waals surface area contributed by atoms with E-state index in [0.29, 0.717) is 24.0 Å². The van der Waals surface area contributed by atoms with Gasteiger partial charge >= 0.3 is 0 Å². The number of H-pyrrole nitrogens is 1. The number of guanidine groups is 1. The van der Waals surface area contributed by atoms with Crippen LogP contribution >= 0.6 is 0 Å². The van der Waals surface area contributed by atoms with Crippen LogP contribution in [0, 0.1) is 0 Å². The van der Waals surface area contributed by atoms with Gasteiger partial charge in [0, 0.05) is 62.9 Å². The Hall–Kier alpha value is -8.04. The van der Waals surface area contributed by atoms with E-state index in [1.54, 1.807) is 6.20 Å². The van der Waals surface area contributed by atoms with Crippen molar-refractivity contribution in [1.82, 2.24) is 47.5 Å². The van der Waals surface area contributed by atoms with Crippen molar-refractivity contribution in [2.45, 2.75) is 127 Å². The molecule has 0 aliphatic carbocycles. The predicted octanol–water partition coefficient (Wildman–Crippen LogP) is -0.0394. The van der Waals surface area contributed by atoms with Crippen LogP contribution in [0.1, 0.15) is 89.2 Å². The largest absolute Gasteiger partial charge is 0.370 e. The number of rotatable bonds is 15. The van der Waals surface area contributed by atoms with Gasteiger partial charge in [-0.15, -0.1) is 0 Å². The minimum atomic E-state index is -1.42. The standard InChI is InChI=1S/C51H69N13O9/c1-3-4-15-38(59-30(2)65)47(70)64-42-28-44(67)55-22-10-9-17-37(45(52)68)61-50(73)41(27-34-29-58-36-16-8-7-14-35(34)36)63-48(71)39(18-11-23-57-51(53)54)62-49(72)40(60-43(66)21-24-56-46(42)69)26-31-19-20-32-12-5-6-13-33(32)25-31/h5-8,12-14,16,19-20,25,29,37-42,58H,3-4,9-11,15,17-18,21-24,26-28H2,1-2H3,(H2,52,68)(H,55,67)(H,56,69)(H,59,65)(H,60,66)(H,61,73)(H,62,72)(H,63,71)(H,64,70)(H4,53,54,57)/t37-,38?,39-,40+,41-,42?/m0/s1. The van der Waals surface area contributed by atoms with Crippen LogP contribution in [-0.2, 0) is 56.0 Å². The van der Waals surface area contributed by atoms with Crippen molar-refractivity contribution in [3.63, 3.8) is 0 Å². The molecule has 1 aliphatic rings. The summed E-state index contributed by atoms with van der Waals surface area (Å²) in [5.74, 6) is -6.47. The quantitative estimate of drug-likeness (QED) is 0.0426. The molecule has 0 spiro atoms. The van der Waals surface area contributed by atoms with Gasteiger partial charge in [0.15, 0.2) is 5.96 Å². The Morgan fingerprint density at radius 3 is 2.18 bits per heavy atom. The molecule has 73 heavy (non-hydrogen) atoms. The molecule has 0 radical (unpaired) electrons. The number of amides is 9. The fraction of sp³-hybridized carbons (Fsp3) is 0.451. The minimum absolute atomic E-state index is 0.0131. The number of aliphatic imine (C=N–C) groups is 1. The average molecular weight is 1010 g/mol. The van der Waals surface area contributed by atoms with Gasteiger partial charge in [-0.3, -0.25) is 48.1 Å². The zero-order valence-electron chi connectivity index (χ0n) is 41.4. The van der Waals surface area contributed by atoms with Crippen molar-refractivity contribution in [3.05, 3.63) is 84.1 Å². The molecule has 22 nitrogen and oxygen atoms in total. The fourth-order valence-corrected chi connectivity index (χ4v) is 8.47. The number of aromatic nitrogens is 1. The molecule has 1 aliphatic heterocycles. The molecule has 3 aromatic carbocycles. The molecule has 1 aromatic heterocycles. The van der Waals surface area contributed by atoms with Crippen molar-refractivity contribution in [3.8, 4) is 0 Å². The van der Waals surface area contributed by atoms with Gasteiger partial charge in [0.2, 0.25) is 53.2 Å². The summed E-state index contributed by atoms with van der Waals surface area (Å²) in [6, 6.07) is 13.0. The Kier molecular flexibility index (Phi) is 21.5. The normalized spacial score (nSPS) is 20.7. The maximum absolute atomic E-state index is 14.5. The molecule has 0 saturated carbocycles. The second-order valence-electron chi connectivity index (χ2n) is 18.2. The highest BCUT2D eigenvalue weighted by molar-refractivity contribution is 5.97. The third-order valence-electron chi connectivity index (χ3n) is 12.3. The number of nitrogens with zero attached hydrogens (tertiary/aromatic N) is 1. The highest BCUT2D eigenvalue weighted by Crippen LogP contribution is 2.21. The number of hydrogen-bond acceptors (Lipinski definition) is 10. The molecule has 1 fully saturated rings. The lowest BCUT2D eigenvalue weighted by Gasteiger charge is -2.26. The van der Waals surface area contributed by atoms with Crippen molar-refractivity contribution < 1.29 is 43.2 Å². The van der Waals surface area contributed by atoms with E-state index in [1.165, 1.54) is 6.92 Å². The third-order valence-corrected chi connectivity index (χ3v) is 12.3. The van der Waals surface area contributed by atoms with Gasteiger partial charge in [-0.05, 0) is 66.5 Å². The number of carbonyl (C=O) groups excluding carboxylic acids is 9. The maximum atomic E-state index is 14.5. The second-order valence-corrected chi connectivity index (χ2v) is 18.2. The van der Waals surface area contributed by atoms with E-state index in [2.05, 4.69) is 52.5 Å². The van der Waals surface area contributed by atoms with Crippen LogP contribution in [0.5, 0.6) is 0 Å². The summed E-state index contributed by atoms with van der Waals surface area (Å²) in [5.41, 5.74) is 19.1. The Morgan fingerprint density at radius 1 is 0.740 bits per heavy atom. The highest BCUT2D eigenvalue weighted by Gasteiger charge is 2.33. The number of hydrogen-bond donors (Lipinski definition) is 12. The Balaban J connectivity index is 1.48. The first-order chi connectivity index (χ1) is 35.0. The minimum Gasteiger partial charge on any atom is -0.370 e. The van der Waals surface area contributed by atoms with Gasteiger partial charge in [0.25, 0.3) is 0 Å². The van der Waals surface area contributed by atoms with E-state index in [-0.39, 0.29) is 77.0 Å². The summed E-state index contributed by atoms with van der Waals surface area (Å²) < 4.78 is 0. The molecule has 2 unspecified atom stereocenters. The lowest BCUT2D eigenvalue weighted by molar-refractivity contribution is -0.134. The number of primary amides is 1. The van der Waals surface area contributed by atoms with E-state index in [4.69, 9.17) is 17.2 Å². The van der Waals surface area contributed by atoms with Crippen LogP contribution in [0.4, 0.5) is 0 Å². The summed E-state index contributed by atoms with van der Waals surface area (Å²) in [6.07, 6.45) is 3.21. The third kappa shape index (κ3) is 17.9. The lowest BCUT2D eigenvalue weighted by Crippen LogP contribution is -2.59. The van der Waals surface area contributed by atoms with Crippen molar-refractivity contribution in [1.29, 1.82) is 0 Å². The Bertz CT molecular complexity index is 2630. The van der Waals surface area contributed by atoms with Gasteiger partial charge in [0.1, 0.15) is 36.3 Å². The lowest BCUT2D eigenvalue weighted by atomic mass is 10.00. The van der Waals surface area contributed by atoms with Gasteiger partial charge in [-0.1, -0.05) is 80.4 Å². The number of benzene rings is 3. The molecule has 15 N–H and O–H groups in total. The zero-order valence-corrected chi connectivity index (χ0v) is 41.4. The molecule has 9 amide bonds. The molecule has 6 atom stereocenters. The summed E-state index contributed by atoms with van der Waals surface area (Å²) in [4.78, 5) is 130. The molecule has 392 valence electrons. The number of nitrogens with one attached hydrogen (secondary N) is 9. The van der Waals surface area contributed by atoms with Gasteiger partial charge < -0.3 is 64.7 Å². The zero-order chi connectivity index (χ0) is 52.9. The predicted molar refractivity (Wildman–Crippen MR) is 275 cm³/mol. The summed E-state index contributed by atoms with van der Waals surface area (Å²) >= 11 is 0. The molecule has 22 heteroatoms. The molecule has 4 aromatic rings. The second kappa shape index (κ2) is 28.1. The summed E-state index contributed by atoms with van der Waals surface area (Å²) in [7, 11) is 0. The fourth-order valence-electron chi connectivity index (χ4n) is 8.47.